The van der Waals surface area contributed by atoms with Crippen LogP contribution in [0.3, 0.4) is 0 Å². The van der Waals surface area contributed by atoms with E-state index in [-0.39, 0.29) is 6.04 Å². The highest BCUT2D eigenvalue weighted by atomic mass is 16.7. The predicted octanol–water partition coefficient (Wildman–Crippen LogP) is -2.02. The summed E-state index contributed by atoms with van der Waals surface area (Å²) in [6, 6.07) is 0.200. The van der Waals surface area contributed by atoms with Gasteiger partial charge in [0.2, 0.25) is 5.79 Å². The molecule has 0 radical (unpaired) electrons. The van der Waals surface area contributed by atoms with E-state index in [4.69, 9.17) is 9.84 Å². The van der Waals surface area contributed by atoms with E-state index in [1.54, 1.807) is 0 Å². The molecule has 0 aliphatic carbocycles. The number of hydrogen-bond donors (Lipinski definition) is 5. The van der Waals surface area contributed by atoms with E-state index in [1.165, 1.54) is 0 Å². The molecule has 7 heteroatoms. The Morgan fingerprint density at radius 3 is 2.63 bits per heavy atom. The molecular weight excluding hydrogens is 254 g/mol. The monoisotopic (exact) mass is 277 g/mol. The quantitative estimate of drug-likeness (QED) is 0.403. The first-order valence-electron chi connectivity index (χ1n) is 6.75. The Morgan fingerprint density at radius 1 is 1.42 bits per heavy atom. The molecule has 6 atom stereocenters. The Hall–Kier alpha value is -0.280. The molecule has 2 fully saturated rings. The van der Waals surface area contributed by atoms with Gasteiger partial charge in [0, 0.05) is 12.6 Å². The van der Waals surface area contributed by atoms with Crippen molar-refractivity contribution >= 4 is 0 Å². The zero-order valence-electron chi connectivity index (χ0n) is 11.0. The molecule has 7 nitrogen and oxygen atoms in total. The van der Waals surface area contributed by atoms with Gasteiger partial charge in [-0.25, -0.2) is 0 Å². The maximum atomic E-state index is 10.3. The lowest BCUT2D eigenvalue weighted by atomic mass is 10.0. The molecule has 5 N–H and O–H groups in total. The lowest BCUT2D eigenvalue weighted by Gasteiger charge is -2.33. The lowest BCUT2D eigenvalue weighted by Crippen LogP contribution is -2.50. The number of aliphatic hydroxyl groups is 5. The molecule has 112 valence electrons. The standard InChI is InChI=1S/C12H23NO6/c1-2-7-4-3-5-13(7)11(17)9-8(15)10(16)12(18,6-14)19-9/h7-11,14-18H,2-6H2,1H3/t7?,8-,9-,10+,11?,12-/m1/s1. The zero-order valence-corrected chi connectivity index (χ0v) is 11.0. The van der Waals surface area contributed by atoms with Gasteiger partial charge in [-0.2, -0.15) is 0 Å². The van der Waals surface area contributed by atoms with Gasteiger partial charge in [0.1, 0.15) is 24.5 Å². The van der Waals surface area contributed by atoms with Gasteiger partial charge in [-0.05, 0) is 19.3 Å². The highest BCUT2D eigenvalue weighted by Gasteiger charge is 2.56. The van der Waals surface area contributed by atoms with Crippen LogP contribution in [0.15, 0.2) is 0 Å². The lowest BCUT2D eigenvalue weighted by molar-refractivity contribution is -0.261. The first kappa shape index (κ1) is 15.1. The Kier molecular flexibility index (Phi) is 4.46. The van der Waals surface area contributed by atoms with E-state index < -0.39 is 36.9 Å². The van der Waals surface area contributed by atoms with E-state index in [2.05, 4.69) is 0 Å². The summed E-state index contributed by atoms with van der Waals surface area (Å²) in [7, 11) is 0. The van der Waals surface area contributed by atoms with Crippen LogP contribution in [0.5, 0.6) is 0 Å². The highest BCUT2D eigenvalue weighted by Crippen LogP contribution is 2.33. The zero-order chi connectivity index (χ0) is 14.2. The molecule has 2 heterocycles. The summed E-state index contributed by atoms with van der Waals surface area (Å²) in [5.74, 6) is -2.22. The third-order valence-corrected chi connectivity index (χ3v) is 4.22. The summed E-state index contributed by atoms with van der Waals surface area (Å²) in [6.07, 6.45) is -2.55. The minimum absolute atomic E-state index is 0.200. The summed E-state index contributed by atoms with van der Waals surface area (Å²) in [5.41, 5.74) is 0. The second-order valence-corrected chi connectivity index (χ2v) is 5.38. The van der Waals surface area contributed by atoms with E-state index in [0.717, 1.165) is 19.3 Å². The second kappa shape index (κ2) is 5.61. The Labute approximate surface area is 112 Å². The van der Waals surface area contributed by atoms with Crippen molar-refractivity contribution in [2.75, 3.05) is 13.2 Å². The maximum Gasteiger partial charge on any atom is 0.219 e. The Bertz CT molecular complexity index is 317. The summed E-state index contributed by atoms with van der Waals surface area (Å²) < 4.78 is 5.10. The van der Waals surface area contributed by atoms with Crippen LogP contribution in [-0.2, 0) is 4.74 Å². The number of hydrogen-bond acceptors (Lipinski definition) is 7. The molecule has 0 aromatic heterocycles. The molecule has 2 unspecified atom stereocenters. The molecule has 2 aliphatic heterocycles. The minimum atomic E-state index is -2.22. The van der Waals surface area contributed by atoms with Crippen LogP contribution in [0.2, 0.25) is 0 Å². The van der Waals surface area contributed by atoms with Crippen molar-refractivity contribution in [3.05, 3.63) is 0 Å². The van der Waals surface area contributed by atoms with Crippen molar-refractivity contribution in [2.24, 2.45) is 0 Å². The van der Waals surface area contributed by atoms with Crippen LogP contribution < -0.4 is 0 Å². The number of rotatable bonds is 4. The van der Waals surface area contributed by atoms with E-state index in [9.17, 15) is 20.4 Å². The summed E-state index contributed by atoms with van der Waals surface area (Å²) in [4.78, 5) is 1.81. The van der Waals surface area contributed by atoms with Crippen molar-refractivity contribution < 1.29 is 30.3 Å². The van der Waals surface area contributed by atoms with Crippen LogP contribution >= 0.6 is 0 Å². The molecule has 0 bridgehead atoms. The van der Waals surface area contributed by atoms with Gasteiger partial charge < -0.3 is 30.3 Å². The predicted molar refractivity (Wildman–Crippen MR) is 64.9 cm³/mol. The summed E-state index contributed by atoms with van der Waals surface area (Å²) in [5, 5.41) is 48.7. The molecule has 2 rings (SSSR count). The number of nitrogens with zero attached hydrogens (tertiary/aromatic N) is 1. The van der Waals surface area contributed by atoms with Crippen molar-refractivity contribution in [2.45, 2.75) is 62.6 Å². The maximum absolute atomic E-state index is 10.3. The van der Waals surface area contributed by atoms with Crippen LogP contribution in [0.1, 0.15) is 26.2 Å². The van der Waals surface area contributed by atoms with E-state index >= 15 is 0 Å². The molecule has 0 aromatic rings. The van der Waals surface area contributed by atoms with Crippen molar-refractivity contribution in [1.82, 2.24) is 4.90 Å². The number of ether oxygens (including phenoxy) is 1. The fourth-order valence-electron chi connectivity index (χ4n) is 3.02. The number of likely N-dealkylation sites (tertiary alicyclic amines) is 1. The fraction of sp³-hybridized carbons (Fsp3) is 1.00. The van der Waals surface area contributed by atoms with Crippen LogP contribution in [0, 0.1) is 0 Å². The fourth-order valence-corrected chi connectivity index (χ4v) is 3.02. The van der Waals surface area contributed by atoms with Gasteiger partial charge >= 0.3 is 0 Å². The largest absolute Gasteiger partial charge is 0.391 e. The molecular formula is C12H23NO6. The highest BCUT2D eigenvalue weighted by molar-refractivity contribution is 4.99. The third-order valence-electron chi connectivity index (χ3n) is 4.22. The molecule has 19 heavy (non-hydrogen) atoms. The normalized spacial score (nSPS) is 45.8. The summed E-state index contributed by atoms with van der Waals surface area (Å²) >= 11 is 0. The first-order chi connectivity index (χ1) is 8.94. The van der Waals surface area contributed by atoms with E-state index in [0.29, 0.717) is 6.54 Å². The van der Waals surface area contributed by atoms with E-state index in [1.807, 2.05) is 11.8 Å². The van der Waals surface area contributed by atoms with Gasteiger partial charge in [-0.1, -0.05) is 6.92 Å². The van der Waals surface area contributed by atoms with Crippen molar-refractivity contribution in [3.63, 3.8) is 0 Å². The van der Waals surface area contributed by atoms with Crippen molar-refractivity contribution in [1.29, 1.82) is 0 Å². The molecule has 2 saturated heterocycles. The first-order valence-corrected chi connectivity index (χ1v) is 6.75. The van der Waals surface area contributed by atoms with Gasteiger partial charge in [-0.15, -0.1) is 0 Å². The topological polar surface area (TPSA) is 114 Å². The van der Waals surface area contributed by atoms with Crippen molar-refractivity contribution in [3.8, 4) is 0 Å². The molecule has 2 aliphatic rings. The molecule has 0 aromatic carbocycles. The molecule has 0 saturated carbocycles. The Balaban J connectivity index is 2.09. The third kappa shape index (κ3) is 2.52. The Morgan fingerprint density at radius 2 is 2.11 bits per heavy atom. The average Bonchev–Trinajstić information content (AvgIpc) is 2.97. The SMILES string of the molecule is CCC1CCCN1C(O)[C@@H]1O[C@](O)(CO)[C@@H](O)[C@@H]1O. The van der Waals surface area contributed by atoms with Gasteiger partial charge in [0.25, 0.3) is 0 Å². The van der Waals surface area contributed by atoms with Gasteiger partial charge in [0.05, 0.1) is 6.61 Å². The molecule has 0 spiro atoms. The average molecular weight is 277 g/mol. The molecule has 0 amide bonds. The minimum Gasteiger partial charge on any atom is -0.391 e. The number of aliphatic hydroxyl groups excluding tert-OH is 4. The summed E-state index contributed by atoms with van der Waals surface area (Å²) in [6.45, 7) is 1.85. The van der Waals surface area contributed by atoms with Crippen LogP contribution in [0.25, 0.3) is 0 Å². The van der Waals surface area contributed by atoms with Crippen LogP contribution in [-0.4, -0.2) is 80.0 Å². The smallest absolute Gasteiger partial charge is 0.219 e. The van der Waals surface area contributed by atoms with Crippen LogP contribution in [0.4, 0.5) is 0 Å². The second-order valence-electron chi connectivity index (χ2n) is 5.38. The van der Waals surface area contributed by atoms with Gasteiger partial charge in [0.15, 0.2) is 0 Å². The van der Waals surface area contributed by atoms with Gasteiger partial charge in [-0.3, -0.25) is 4.90 Å².